The number of hydrazone groups is 1. The number of benzene rings is 1. The lowest BCUT2D eigenvalue weighted by atomic mass is 10.2. The zero-order chi connectivity index (χ0) is 16.1. The number of hydrogen-bond acceptors (Lipinski definition) is 7. The van der Waals surface area contributed by atoms with E-state index in [9.17, 15) is 4.79 Å². The van der Waals surface area contributed by atoms with E-state index in [0.717, 1.165) is 11.3 Å². The van der Waals surface area contributed by atoms with E-state index in [4.69, 9.17) is 4.74 Å². The molecular formula is C15H18N4O2S. The average Bonchev–Trinajstić information content (AvgIpc) is 2.88. The number of thiazole rings is 1. The molecule has 0 aliphatic heterocycles. The van der Waals surface area contributed by atoms with Gasteiger partial charge in [0.2, 0.25) is 5.13 Å². The van der Waals surface area contributed by atoms with Gasteiger partial charge in [0.1, 0.15) is 4.88 Å². The van der Waals surface area contributed by atoms with Gasteiger partial charge in [-0.15, -0.1) is 0 Å². The van der Waals surface area contributed by atoms with Crippen LogP contribution in [0.1, 0.15) is 20.9 Å². The lowest BCUT2D eigenvalue weighted by Gasteiger charge is -2.11. The molecule has 7 heteroatoms. The van der Waals surface area contributed by atoms with E-state index in [0.29, 0.717) is 15.7 Å². The first-order valence-corrected chi connectivity index (χ1v) is 7.45. The molecule has 22 heavy (non-hydrogen) atoms. The number of aromatic nitrogens is 1. The normalized spacial score (nSPS) is 10.7. The van der Waals surface area contributed by atoms with Crippen molar-refractivity contribution < 1.29 is 9.53 Å². The second kappa shape index (κ2) is 7.04. The molecule has 0 saturated heterocycles. The van der Waals surface area contributed by atoms with Gasteiger partial charge in [0.05, 0.1) is 19.0 Å². The molecule has 0 radical (unpaired) electrons. The summed E-state index contributed by atoms with van der Waals surface area (Å²) < 4.78 is 4.70. The molecular weight excluding hydrogens is 300 g/mol. The van der Waals surface area contributed by atoms with E-state index in [1.807, 2.05) is 43.3 Å². The lowest BCUT2D eigenvalue weighted by molar-refractivity contribution is 0.0605. The van der Waals surface area contributed by atoms with Crippen LogP contribution in [0.5, 0.6) is 0 Å². The molecule has 6 nitrogen and oxygen atoms in total. The van der Waals surface area contributed by atoms with Crippen LogP contribution in [0, 0.1) is 6.92 Å². The summed E-state index contributed by atoms with van der Waals surface area (Å²) in [4.78, 5) is 18.3. The number of rotatable bonds is 5. The highest BCUT2D eigenvalue weighted by molar-refractivity contribution is 7.17. The van der Waals surface area contributed by atoms with Crippen LogP contribution in [0.4, 0.5) is 10.8 Å². The van der Waals surface area contributed by atoms with Crippen LogP contribution in [0.3, 0.4) is 0 Å². The standard InChI is InChI=1S/C15H18N4O2S/c1-10-13(14(20)21-4)22-15(17-10)18-16-9-11-5-7-12(8-6-11)19(2)3/h5-9H,1-4H3,(H,17,18). The van der Waals surface area contributed by atoms with E-state index in [-0.39, 0.29) is 5.97 Å². The van der Waals surface area contributed by atoms with Crippen LogP contribution in [0.25, 0.3) is 0 Å². The van der Waals surface area contributed by atoms with Gasteiger partial charge in [-0.25, -0.2) is 9.78 Å². The van der Waals surface area contributed by atoms with Gasteiger partial charge in [-0.3, -0.25) is 5.43 Å². The average molecular weight is 318 g/mol. The fraction of sp³-hybridized carbons (Fsp3) is 0.267. The van der Waals surface area contributed by atoms with E-state index in [1.165, 1.54) is 18.4 Å². The molecule has 1 N–H and O–H groups in total. The van der Waals surface area contributed by atoms with Crippen LogP contribution in [-0.2, 0) is 4.74 Å². The van der Waals surface area contributed by atoms with E-state index < -0.39 is 0 Å². The fourth-order valence-corrected chi connectivity index (χ4v) is 2.58. The third-order valence-electron chi connectivity index (χ3n) is 2.95. The Morgan fingerprint density at radius 1 is 1.36 bits per heavy atom. The topological polar surface area (TPSA) is 66.8 Å². The van der Waals surface area contributed by atoms with Crippen molar-refractivity contribution >= 4 is 34.3 Å². The van der Waals surface area contributed by atoms with Crippen molar-refractivity contribution in [2.24, 2.45) is 5.10 Å². The Morgan fingerprint density at radius 3 is 2.64 bits per heavy atom. The maximum atomic E-state index is 11.5. The highest BCUT2D eigenvalue weighted by Gasteiger charge is 2.15. The summed E-state index contributed by atoms with van der Waals surface area (Å²) in [6.45, 7) is 1.76. The number of hydrogen-bond donors (Lipinski definition) is 1. The van der Waals surface area contributed by atoms with Gasteiger partial charge in [0.15, 0.2) is 0 Å². The lowest BCUT2D eigenvalue weighted by Crippen LogP contribution is -2.08. The summed E-state index contributed by atoms with van der Waals surface area (Å²) in [5, 5.41) is 4.69. The minimum absolute atomic E-state index is 0.383. The van der Waals surface area contributed by atoms with Crippen LogP contribution in [-0.4, -0.2) is 38.4 Å². The third-order valence-corrected chi connectivity index (χ3v) is 3.99. The molecule has 0 aliphatic rings. The minimum Gasteiger partial charge on any atom is -0.465 e. The number of methoxy groups -OCH3 is 1. The summed E-state index contributed by atoms with van der Waals surface area (Å²) in [6.07, 6.45) is 1.70. The van der Waals surface area contributed by atoms with E-state index in [2.05, 4.69) is 15.5 Å². The Kier molecular flexibility index (Phi) is 5.11. The molecule has 0 amide bonds. The monoisotopic (exact) mass is 318 g/mol. The number of ether oxygens (including phenoxy) is 1. The number of carbonyl (C=O) groups excluding carboxylic acids is 1. The third kappa shape index (κ3) is 3.82. The van der Waals surface area contributed by atoms with Crippen LogP contribution >= 0.6 is 11.3 Å². The molecule has 1 aromatic carbocycles. The number of nitrogens with zero attached hydrogens (tertiary/aromatic N) is 3. The molecule has 0 atom stereocenters. The molecule has 2 aromatic rings. The van der Waals surface area contributed by atoms with Gasteiger partial charge < -0.3 is 9.64 Å². The Morgan fingerprint density at radius 2 is 2.05 bits per heavy atom. The second-order valence-corrected chi connectivity index (χ2v) is 5.78. The first kappa shape index (κ1) is 16.0. The van der Waals surface area contributed by atoms with Crippen molar-refractivity contribution in [3.05, 3.63) is 40.4 Å². The maximum Gasteiger partial charge on any atom is 0.350 e. The summed E-state index contributed by atoms with van der Waals surface area (Å²) >= 11 is 1.22. The molecule has 0 saturated carbocycles. The highest BCUT2D eigenvalue weighted by Crippen LogP contribution is 2.23. The fourth-order valence-electron chi connectivity index (χ4n) is 1.75. The second-order valence-electron chi connectivity index (χ2n) is 4.78. The van der Waals surface area contributed by atoms with Crippen LogP contribution in [0.15, 0.2) is 29.4 Å². The summed E-state index contributed by atoms with van der Waals surface area (Å²) in [6, 6.07) is 8.00. The summed E-state index contributed by atoms with van der Waals surface area (Å²) in [5.74, 6) is -0.383. The molecule has 0 unspecified atom stereocenters. The maximum absolute atomic E-state index is 11.5. The first-order valence-electron chi connectivity index (χ1n) is 6.63. The van der Waals surface area contributed by atoms with Crippen molar-refractivity contribution in [1.29, 1.82) is 0 Å². The van der Waals surface area contributed by atoms with Crippen molar-refractivity contribution in [3.8, 4) is 0 Å². The number of nitrogens with one attached hydrogen (secondary N) is 1. The van der Waals surface area contributed by atoms with Crippen molar-refractivity contribution in [2.75, 3.05) is 31.5 Å². The predicted molar refractivity (Wildman–Crippen MR) is 90.2 cm³/mol. The number of esters is 1. The smallest absolute Gasteiger partial charge is 0.350 e. The Balaban J connectivity index is 2.02. The molecule has 1 aromatic heterocycles. The van der Waals surface area contributed by atoms with Gasteiger partial charge in [-0.05, 0) is 24.6 Å². The van der Waals surface area contributed by atoms with Crippen molar-refractivity contribution in [1.82, 2.24) is 4.98 Å². The SMILES string of the molecule is COC(=O)c1sc(NN=Cc2ccc(N(C)C)cc2)nc1C. The Bertz CT molecular complexity index is 677. The van der Waals surface area contributed by atoms with Gasteiger partial charge >= 0.3 is 5.97 Å². The molecule has 0 spiro atoms. The quantitative estimate of drug-likeness (QED) is 0.521. The number of anilines is 2. The van der Waals surface area contributed by atoms with E-state index >= 15 is 0 Å². The van der Waals surface area contributed by atoms with Gasteiger partial charge in [-0.1, -0.05) is 23.5 Å². The van der Waals surface area contributed by atoms with Crippen molar-refractivity contribution in [2.45, 2.75) is 6.92 Å². The van der Waals surface area contributed by atoms with Crippen molar-refractivity contribution in [3.63, 3.8) is 0 Å². The Labute approximate surface area is 133 Å². The van der Waals surface area contributed by atoms with Gasteiger partial charge in [-0.2, -0.15) is 5.10 Å². The number of carbonyl (C=O) groups is 1. The largest absolute Gasteiger partial charge is 0.465 e. The van der Waals surface area contributed by atoms with Crippen LogP contribution < -0.4 is 10.3 Å². The summed E-state index contributed by atoms with van der Waals surface area (Å²) in [5.41, 5.74) is 5.56. The zero-order valence-electron chi connectivity index (χ0n) is 13.0. The number of aryl methyl sites for hydroxylation is 1. The highest BCUT2D eigenvalue weighted by atomic mass is 32.1. The van der Waals surface area contributed by atoms with E-state index in [1.54, 1.807) is 13.1 Å². The predicted octanol–water partition coefficient (Wildman–Crippen LogP) is 2.75. The molecule has 0 fully saturated rings. The molecule has 116 valence electrons. The minimum atomic E-state index is -0.383. The summed E-state index contributed by atoms with van der Waals surface area (Å²) in [7, 11) is 5.34. The van der Waals surface area contributed by atoms with Crippen LogP contribution in [0.2, 0.25) is 0 Å². The van der Waals surface area contributed by atoms with Gasteiger partial charge in [0.25, 0.3) is 0 Å². The zero-order valence-corrected chi connectivity index (χ0v) is 13.8. The molecule has 1 heterocycles. The Hall–Kier alpha value is -2.41. The first-order chi connectivity index (χ1) is 10.5. The molecule has 0 aliphatic carbocycles. The molecule has 2 rings (SSSR count). The molecule has 0 bridgehead atoms. The van der Waals surface area contributed by atoms with Gasteiger partial charge in [0, 0.05) is 19.8 Å².